The molecule has 7 nitrogen and oxygen atoms in total. The van der Waals surface area contributed by atoms with Gasteiger partial charge in [0, 0.05) is 12.1 Å². The molecule has 152 valence electrons. The van der Waals surface area contributed by atoms with E-state index in [0.29, 0.717) is 5.69 Å². The second-order valence-electron chi connectivity index (χ2n) is 8.23. The van der Waals surface area contributed by atoms with Crippen molar-refractivity contribution in [3.63, 3.8) is 0 Å². The van der Waals surface area contributed by atoms with E-state index in [-0.39, 0.29) is 6.42 Å². The molecule has 1 aromatic rings. The van der Waals surface area contributed by atoms with Crippen LogP contribution in [0.15, 0.2) is 24.3 Å². The van der Waals surface area contributed by atoms with E-state index >= 15 is 0 Å². The van der Waals surface area contributed by atoms with E-state index in [1.54, 1.807) is 65.8 Å². The molecule has 2 N–H and O–H groups in total. The number of carbonyl (C=O) groups is 3. The minimum absolute atomic E-state index is 0.192. The van der Waals surface area contributed by atoms with E-state index in [0.717, 1.165) is 5.56 Å². The summed E-state index contributed by atoms with van der Waals surface area (Å²) < 4.78 is 10.6. The Morgan fingerprint density at radius 3 is 2.00 bits per heavy atom. The van der Waals surface area contributed by atoms with Gasteiger partial charge in [-0.05, 0) is 65.2 Å². The lowest BCUT2D eigenvalue weighted by atomic mass is 10.0. The molecule has 0 spiro atoms. The molecule has 0 unspecified atom stereocenters. The molecule has 0 aliphatic carbocycles. The first kappa shape index (κ1) is 23.0. The molecule has 0 heterocycles. The Balaban J connectivity index is 2.92. The van der Waals surface area contributed by atoms with Crippen molar-refractivity contribution in [2.24, 2.45) is 0 Å². The van der Waals surface area contributed by atoms with E-state index in [2.05, 4.69) is 10.6 Å². The monoisotopic (exact) mass is 388 g/mol. The molecule has 0 bridgehead atoms. The highest BCUT2D eigenvalue weighted by molar-refractivity contribution is 6.03. The highest BCUT2D eigenvalue weighted by atomic mass is 16.6. The van der Waals surface area contributed by atoms with Crippen molar-refractivity contribution in [2.75, 3.05) is 5.32 Å². The van der Waals surface area contributed by atoms with Gasteiger partial charge in [0.15, 0.2) is 0 Å². The molecule has 1 rings (SSSR count). The standard InChI is InChI=1S/C21H28N2O5/c1-8-17(24)22-15-11-9-14(10-12-15)13-16(18(25)27-20(2,3)4)23-19(26)28-21(5,6)7/h1,9-12,16H,13H2,2-7H3,(H,22,24)(H,23,26)/t16-/m0/s1. The highest BCUT2D eigenvalue weighted by Gasteiger charge is 2.28. The van der Waals surface area contributed by atoms with Crippen molar-refractivity contribution in [3.8, 4) is 12.3 Å². The fourth-order valence-electron chi connectivity index (χ4n) is 2.14. The van der Waals surface area contributed by atoms with E-state index in [1.165, 1.54) is 0 Å². The molecular formula is C21H28N2O5. The maximum atomic E-state index is 12.5. The maximum absolute atomic E-state index is 12.5. The van der Waals surface area contributed by atoms with Gasteiger partial charge in [-0.25, -0.2) is 9.59 Å². The van der Waals surface area contributed by atoms with Gasteiger partial charge < -0.3 is 20.1 Å². The quantitative estimate of drug-likeness (QED) is 0.597. The number of benzene rings is 1. The molecule has 7 heteroatoms. The summed E-state index contributed by atoms with van der Waals surface area (Å²) in [6, 6.07) is 5.83. The van der Waals surface area contributed by atoms with E-state index in [1.807, 2.05) is 5.92 Å². The van der Waals surface area contributed by atoms with Gasteiger partial charge in [-0.3, -0.25) is 4.79 Å². The number of hydrogen-bond acceptors (Lipinski definition) is 5. The number of carbonyl (C=O) groups excluding carboxylic acids is 3. The van der Waals surface area contributed by atoms with E-state index in [9.17, 15) is 14.4 Å². The van der Waals surface area contributed by atoms with Crippen LogP contribution in [0.1, 0.15) is 47.1 Å². The van der Waals surface area contributed by atoms with Gasteiger partial charge in [-0.1, -0.05) is 12.1 Å². The molecule has 0 aliphatic rings. The van der Waals surface area contributed by atoms with Gasteiger partial charge >= 0.3 is 12.1 Å². The zero-order valence-corrected chi connectivity index (χ0v) is 17.2. The number of nitrogens with one attached hydrogen (secondary N) is 2. The molecule has 0 saturated carbocycles. The van der Waals surface area contributed by atoms with Crippen LogP contribution in [0.2, 0.25) is 0 Å². The SMILES string of the molecule is C#CC(=O)Nc1ccc(C[C@H](NC(=O)OC(C)(C)C)C(=O)OC(C)(C)C)cc1. The third-order valence-corrected chi connectivity index (χ3v) is 3.16. The first-order valence-electron chi connectivity index (χ1n) is 8.88. The van der Waals surface area contributed by atoms with Gasteiger partial charge in [-0.2, -0.15) is 0 Å². The summed E-state index contributed by atoms with van der Waals surface area (Å²) in [6.45, 7) is 10.4. The van der Waals surface area contributed by atoms with Crippen LogP contribution in [0.5, 0.6) is 0 Å². The Morgan fingerprint density at radius 2 is 1.54 bits per heavy atom. The Labute approximate surface area is 166 Å². The number of alkyl carbamates (subject to hydrolysis) is 1. The number of esters is 1. The lowest BCUT2D eigenvalue weighted by Gasteiger charge is -2.26. The van der Waals surface area contributed by atoms with Crippen molar-refractivity contribution < 1.29 is 23.9 Å². The van der Waals surface area contributed by atoms with Crippen molar-refractivity contribution in [3.05, 3.63) is 29.8 Å². The van der Waals surface area contributed by atoms with Crippen molar-refractivity contribution >= 4 is 23.7 Å². The number of rotatable bonds is 5. The van der Waals surface area contributed by atoms with Crippen LogP contribution in [0.4, 0.5) is 10.5 Å². The van der Waals surface area contributed by atoms with Gasteiger partial charge in [0.2, 0.25) is 0 Å². The van der Waals surface area contributed by atoms with Gasteiger partial charge in [-0.15, -0.1) is 6.42 Å². The van der Waals surface area contributed by atoms with Crippen molar-refractivity contribution in [2.45, 2.75) is 65.2 Å². The molecule has 0 aliphatic heterocycles. The average molecular weight is 388 g/mol. The van der Waals surface area contributed by atoms with E-state index in [4.69, 9.17) is 15.9 Å². The van der Waals surface area contributed by atoms with Crippen LogP contribution in [-0.4, -0.2) is 35.2 Å². The number of terminal acetylenes is 1. The van der Waals surface area contributed by atoms with Crippen molar-refractivity contribution in [1.29, 1.82) is 0 Å². The Kier molecular flexibility index (Phi) is 7.62. The number of ether oxygens (including phenoxy) is 2. The summed E-state index contributed by atoms with van der Waals surface area (Å²) in [6.07, 6.45) is 4.51. The molecular weight excluding hydrogens is 360 g/mol. The zero-order chi connectivity index (χ0) is 21.5. The molecule has 1 aromatic carbocycles. The summed E-state index contributed by atoms with van der Waals surface area (Å²) in [5.74, 6) is 0.848. The summed E-state index contributed by atoms with van der Waals surface area (Å²) >= 11 is 0. The topological polar surface area (TPSA) is 93.7 Å². The summed E-state index contributed by atoms with van der Waals surface area (Å²) in [5.41, 5.74) is -0.112. The van der Waals surface area contributed by atoms with Crippen LogP contribution in [0.3, 0.4) is 0 Å². The third-order valence-electron chi connectivity index (χ3n) is 3.16. The van der Waals surface area contributed by atoms with Gasteiger partial charge in [0.05, 0.1) is 0 Å². The van der Waals surface area contributed by atoms with Crippen LogP contribution in [0, 0.1) is 12.3 Å². The molecule has 28 heavy (non-hydrogen) atoms. The zero-order valence-electron chi connectivity index (χ0n) is 17.2. The molecule has 0 radical (unpaired) electrons. The van der Waals surface area contributed by atoms with E-state index < -0.39 is 35.2 Å². The first-order chi connectivity index (χ1) is 12.8. The summed E-state index contributed by atoms with van der Waals surface area (Å²) in [5, 5.41) is 5.10. The Bertz CT molecular complexity index is 749. The molecule has 0 fully saturated rings. The largest absolute Gasteiger partial charge is 0.458 e. The normalized spacial score (nSPS) is 12.3. The highest BCUT2D eigenvalue weighted by Crippen LogP contribution is 2.15. The smallest absolute Gasteiger partial charge is 0.408 e. The third kappa shape index (κ3) is 9.08. The Morgan fingerprint density at radius 1 is 1.00 bits per heavy atom. The maximum Gasteiger partial charge on any atom is 0.408 e. The molecule has 0 aromatic heterocycles. The van der Waals surface area contributed by atoms with Gasteiger partial charge in [0.25, 0.3) is 5.91 Å². The number of amides is 2. The number of anilines is 1. The second-order valence-corrected chi connectivity index (χ2v) is 8.23. The summed E-state index contributed by atoms with van der Waals surface area (Å²) in [4.78, 5) is 35.9. The second kappa shape index (κ2) is 9.27. The lowest BCUT2D eigenvalue weighted by molar-refractivity contribution is -0.157. The van der Waals surface area contributed by atoms with Crippen LogP contribution < -0.4 is 10.6 Å². The minimum Gasteiger partial charge on any atom is -0.458 e. The lowest BCUT2D eigenvalue weighted by Crippen LogP contribution is -2.47. The first-order valence-corrected chi connectivity index (χ1v) is 8.88. The summed E-state index contributed by atoms with van der Waals surface area (Å²) in [7, 11) is 0. The predicted molar refractivity (Wildman–Crippen MR) is 107 cm³/mol. The van der Waals surface area contributed by atoms with Crippen LogP contribution >= 0.6 is 0 Å². The molecule has 1 atom stereocenters. The molecule has 0 saturated heterocycles. The minimum atomic E-state index is -0.930. The van der Waals surface area contributed by atoms with Crippen LogP contribution in [-0.2, 0) is 25.5 Å². The predicted octanol–water partition coefficient (Wildman–Crippen LogP) is 3.04. The molecule has 2 amide bonds. The Hall–Kier alpha value is -3.01. The van der Waals surface area contributed by atoms with Crippen molar-refractivity contribution in [1.82, 2.24) is 5.32 Å². The van der Waals surface area contributed by atoms with Crippen LogP contribution in [0.25, 0.3) is 0 Å². The number of hydrogen-bond donors (Lipinski definition) is 2. The fraction of sp³-hybridized carbons (Fsp3) is 0.476. The van der Waals surface area contributed by atoms with Gasteiger partial charge in [0.1, 0.15) is 17.2 Å². The fourth-order valence-corrected chi connectivity index (χ4v) is 2.14. The average Bonchev–Trinajstić information content (AvgIpc) is 2.52.